The first-order valence-corrected chi connectivity index (χ1v) is 9.55. The van der Waals surface area contributed by atoms with Crippen LogP contribution in [0.25, 0.3) is 0 Å². The molecule has 0 atom stereocenters. The Hall–Kier alpha value is -1.76. The van der Waals surface area contributed by atoms with Gasteiger partial charge >= 0.3 is 0 Å². The molecule has 1 fully saturated rings. The molecule has 128 valence electrons. The molecule has 1 aliphatic rings. The van der Waals surface area contributed by atoms with Crippen molar-refractivity contribution in [3.05, 3.63) is 65.5 Å². The zero-order valence-electron chi connectivity index (χ0n) is 13.3. The fourth-order valence-electron chi connectivity index (χ4n) is 2.47. The first-order valence-electron chi connectivity index (χ1n) is 8.07. The Morgan fingerprint density at radius 2 is 1.71 bits per heavy atom. The predicted octanol–water partition coefficient (Wildman–Crippen LogP) is 2.80. The molecular weight excluding hydrogens is 327 g/mol. The molecule has 0 aliphatic heterocycles. The van der Waals surface area contributed by atoms with Crippen molar-refractivity contribution in [3.8, 4) is 0 Å². The van der Waals surface area contributed by atoms with Crippen LogP contribution in [0.15, 0.2) is 53.4 Å². The Bertz CT molecular complexity index is 804. The van der Waals surface area contributed by atoms with Crippen LogP contribution in [0, 0.1) is 11.7 Å². The number of rotatable bonds is 8. The van der Waals surface area contributed by atoms with Crippen LogP contribution in [0.2, 0.25) is 0 Å². The van der Waals surface area contributed by atoms with Crippen LogP contribution in [0.5, 0.6) is 0 Å². The second kappa shape index (κ2) is 7.42. The summed E-state index contributed by atoms with van der Waals surface area (Å²) < 4.78 is 40.5. The van der Waals surface area contributed by atoms with Crippen molar-refractivity contribution in [1.29, 1.82) is 0 Å². The van der Waals surface area contributed by atoms with Gasteiger partial charge in [0.1, 0.15) is 5.82 Å². The first-order chi connectivity index (χ1) is 11.5. The van der Waals surface area contributed by atoms with Crippen molar-refractivity contribution >= 4 is 10.0 Å². The SMILES string of the molecule is O=S(=O)(NCc1cccc(F)c1)c1cccc(CNCC2CC2)c1. The molecule has 4 nitrogen and oxygen atoms in total. The second-order valence-electron chi connectivity index (χ2n) is 6.18. The molecule has 0 saturated heterocycles. The summed E-state index contributed by atoms with van der Waals surface area (Å²) in [4.78, 5) is 0.227. The fraction of sp³-hybridized carbons (Fsp3) is 0.333. The average Bonchev–Trinajstić information content (AvgIpc) is 3.38. The van der Waals surface area contributed by atoms with E-state index < -0.39 is 10.0 Å². The highest BCUT2D eigenvalue weighted by Crippen LogP contribution is 2.27. The molecule has 24 heavy (non-hydrogen) atoms. The molecule has 6 heteroatoms. The molecule has 0 bridgehead atoms. The van der Waals surface area contributed by atoms with Gasteiger partial charge in [-0.25, -0.2) is 17.5 Å². The van der Waals surface area contributed by atoms with Crippen LogP contribution in [0.3, 0.4) is 0 Å². The van der Waals surface area contributed by atoms with Gasteiger partial charge in [0.05, 0.1) is 4.90 Å². The Morgan fingerprint density at radius 3 is 2.42 bits per heavy atom. The van der Waals surface area contributed by atoms with Gasteiger partial charge in [-0.05, 0) is 60.7 Å². The molecule has 1 saturated carbocycles. The summed E-state index contributed by atoms with van der Waals surface area (Å²) in [5.41, 5.74) is 1.52. The first kappa shape index (κ1) is 17.1. The number of halogens is 1. The summed E-state index contributed by atoms with van der Waals surface area (Å²) in [5, 5.41) is 3.35. The smallest absolute Gasteiger partial charge is 0.240 e. The Morgan fingerprint density at radius 1 is 1.00 bits per heavy atom. The second-order valence-corrected chi connectivity index (χ2v) is 7.94. The molecule has 1 aliphatic carbocycles. The zero-order valence-corrected chi connectivity index (χ0v) is 14.2. The summed E-state index contributed by atoms with van der Waals surface area (Å²) in [7, 11) is -3.62. The van der Waals surface area contributed by atoms with Crippen molar-refractivity contribution in [3.63, 3.8) is 0 Å². The topological polar surface area (TPSA) is 58.2 Å². The Kier molecular flexibility index (Phi) is 5.28. The molecule has 0 radical (unpaired) electrons. The Balaban J connectivity index is 1.62. The van der Waals surface area contributed by atoms with Crippen LogP contribution in [-0.4, -0.2) is 15.0 Å². The summed E-state index contributed by atoms with van der Waals surface area (Å²) in [6.45, 7) is 1.70. The van der Waals surface area contributed by atoms with Gasteiger partial charge in [0.25, 0.3) is 0 Å². The van der Waals surface area contributed by atoms with E-state index in [9.17, 15) is 12.8 Å². The fourth-order valence-corrected chi connectivity index (χ4v) is 3.56. The van der Waals surface area contributed by atoms with Crippen molar-refractivity contribution in [2.24, 2.45) is 5.92 Å². The molecular formula is C18H21FN2O2S. The number of sulfonamides is 1. The largest absolute Gasteiger partial charge is 0.312 e. The molecule has 2 N–H and O–H groups in total. The molecule has 0 unspecified atom stereocenters. The van der Waals surface area contributed by atoms with Gasteiger partial charge in [0.2, 0.25) is 10.0 Å². The molecule has 0 heterocycles. The van der Waals surface area contributed by atoms with E-state index in [4.69, 9.17) is 0 Å². The quantitative estimate of drug-likeness (QED) is 0.771. The van der Waals surface area contributed by atoms with Crippen LogP contribution in [-0.2, 0) is 23.1 Å². The highest BCUT2D eigenvalue weighted by atomic mass is 32.2. The third-order valence-corrected chi connectivity index (χ3v) is 5.42. The van der Waals surface area contributed by atoms with E-state index in [0.717, 1.165) is 18.0 Å². The van der Waals surface area contributed by atoms with Crippen molar-refractivity contribution in [2.75, 3.05) is 6.54 Å². The van der Waals surface area contributed by atoms with Gasteiger partial charge in [-0.3, -0.25) is 0 Å². The van der Waals surface area contributed by atoms with E-state index in [1.165, 1.54) is 25.0 Å². The maximum atomic E-state index is 13.2. The number of hydrogen-bond donors (Lipinski definition) is 2. The van der Waals surface area contributed by atoms with Gasteiger partial charge in [-0.1, -0.05) is 24.3 Å². The third kappa shape index (κ3) is 4.87. The number of hydrogen-bond acceptors (Lipinski definition) is 3. The van der Waals surface area contributed by atoms with Crippen molar-refractivity contribution < 1.29 is 12.8 Å². The molecule has 0 amide bonds. The van der Waals surface area contributed by atoms with Gasteiger partial charge in [0, 0.05) is 13.1 Å². The lowest BCUT2D eigenvalue weighted by Gasteiger charge is -2.09. The monoisotopic (exact) mass is 348 g/mol. The summed E-state index contributed by atoms with van der Waals surface area (Å²) in [6.07, 6.45) is 2.57. The normalized spacial score (nSPS) is 14.7. The lowest BCUT2D eigenvalue weighted by atomic mass is 10.2. The highest BCUT2D eigenvalue weighted by molar-refractivity contribution is 7.89. The lowest BCUT2D eigenvalue weighted by molar-refractivity contribution is 0.579. The van der Waals surface area contributed by atoms with E-state index in [-0.39, 0.29) is 17.3 Å². The van der Waals surface area contributed by atoms with E-state index in [0.29, 0.717) is 12.1 Å². The molecule has 0 spiro atoms. The van der Waals surface area contributed by atoms with Gasteiger partial charge in [-0.15, -0.1) is 0 Å². The minimum Gasteiger partial charge on any atom is -0.312 e. The summed E-state index contributed by atoms with van der Waals surface area (Å²) >= 11 is 0. The average molecular weight is 348 g/mol. The summed E-state index contributed by atoms with van der Waals surface area (Å²) in [6, 6.07) is 12.8. The lowest BCUT2D eigenvalue weighted by Crippen LogP contribution is -2.23. The Labute approximate surface area is 142 Å². The van der Waals surface area contributed by atoms with Crippen LogP contribution in [0.1, 0.15) is 24.0 Å². The maximum absolute atomic E-state index is 13.2. The molecule has 2 aromatic rings. The van der Waals surface area contributed by atoms with Gasteiger partial charge < -0.3 is 5.32 Å². The minimum absolute atomic E-state index is 0.0598. The number of nitrogens with one attached hydrogen (secondary N) is 2. The standard InChI is InChI=1S/C18H21FN2O2S/c19-17-5-1-3-15(9-17)13-21-24(22,23)18-6-2-4-16(10-18)12-20-11-14-7-8-14/h1-6,9-10,14,20-21H,7-8,11-13H2. The third-order valence-electron chi connectivity index (χ3n) is 4.02. The van der Waals surface area contributed by atoms with Gasteiger partial charge in [0.15, 0.2) is 0 Å². The van der Waals surface area contributed by atoms with Crippen LogP contribution < -0.4 is 10.0 Å². The van der Waals surface area contributed by atoms with Gasteiger partial charge in [-0.2, -0.15) is 0 Å². The van der Waals surface area contributed by atoms with E-state index >= 15 is 0 Å². The van der Waals surface area contributed by atoms with Crippen molar-refractivity contribution in [1.82, 2.24) is 10.0 Å². The minimum atomic E-state index is -3.62. The van der Waals surface area contributed by atoms with E-state index in [1.54, 1.807) is 30.3 Å². The molecule has 0 aromatic heterocycles. The van der Waals surface area contributed by atoms with E-state index in [1.807, 2.05) is 6.07 Å². The predicted molar refractivity (Wildman–Crippen MR) is 91.3 cm³/mol. The zero-order chi connectivity index (χ0) is 17.0. The maximum Gasteiger partial charge on any atom is 0.240 e. The summed E-state index contributed by atoms with van der Waals surface area (Å²) in [5.74, 6) is 0.403. The van der Waals surface area contributed by atoms with E-state index in [2.05, 4.69) is 10.0 Å². The van der Waals surface area contributed by atoms with Crippen molar-refractivity contribution in [2.45, 2.75) is 30.8 Å². The number of benzene rings is 2. The molecule has 2 aromatic carbocycles. The molecule has 3 rings (SSSR count). The van der Waals surface area contributed by atoms with Crippen LogP contribution >= 0.6 is 0 Å². The highest BCUT2D eigenvalue weighted by Gasteiger charge is 2.20. The van der Waals surface area contributed by atoms with Crippen LogP contribution in [0.4, 0.5) is 4.39 Å².